The van der Waals surface area contributed by atoms with E-state index in [0.717, 1.165) is 102 Å². The third-order valence-corrected chi connectivity index (χ3v) is 13.4. The van der Waals surface area contributed by atoms with E-state index in [1.165, 1.54) is 0 Å². The van der Waals surface area contributed by atoms with E-state index in [1.807, 2.05) is 11.0 Å². The van der Waals surface area contributed by atoms with E-state index in [2.05, 4.69) is 15.2 Å². The number of hydrogen-bond donors (Lipinski definition) is 1. The van der Waals surface area contributed by atoms with Crippen LogP contribution in [-0.2, 0) is 39.0 Å². The standard InChI is InChI=1S/C39H49N5O7S/c1-48-36(49-2)26-16-20-43(21-17-26)28-7-6-10-32(24-28)52(46,47)31-14-12-27(13-15-31)41-38-40-25-33-35(42-38)44(37(45)39(33)18-19-39)29-8-5-9-30(23-29)51-34-11-3-4-22-50-34/h6-7,10,12-15,24-26,29-30,34,36H,3-5,8-9,11,16-23H2,1-2H3,(H,40,41,42)/t29-,30-,34?/m1/s1. The number of sulfone groups is 1. The minimum absolute atomic E-state index is 0.00446. The number of rotatable bonds is 11. The molecule has 1 N–H and O–H groups in total. The summed E-state index contributed by atoms with van der Waals surface area (Å²) in [7, 11) is -0.441. The van der Waals surface area contributed by atoms with Crippen LogP contribution >= 0.6 is 0 Å². The first-order valence-electron chi connectivity index (χ1n) is 18.8. The number of benzene rings is 2. The Morgan fingerprint density at radius 2 is 1.73 bits per heavy atom. The lowest BCUT2D eigenvalue weighted by atomic mass is 9.91. The van der Waals surface area contributed by atoms with E-state index in [-0.39, 0.29) is 40.4 Å². The molecule has 4 fully saturated rings. The SMILES string of the molecule is COC(OC)C1CCN(c2cccc(S(=O)(=O)c3ccc(Nc4ncc5c(n4)N([C@@H]4CCC[C@@H](OC6CCCCO6)C4)C(=O)C54CC4)cc3)c2)CC1. The highest BCUT2D eigenvalue weighted by Crippen LogP contribution is 2.58. The largest absolute Gasteiger partial charge is 0.371 e. The summed E-state index contributed by atoms with van der Waals surface area (Å²) in [5, 5.41) is 3.25. The fraction of sp³-hybridized carbons (Fsp3) is 0.564. The number of methoxy groups -OCH3 is 2. The molecule has 3 aromatic rings. The summed E-state index contributed by atoms with van der Waals surface area (Å²) in [5.74, 6) is 1.47. The topological polar surface area (TPSA) is 132 Å². The maximum Gasteiger partial charge on any atom is 0.239 e. The van der Waals surface area contributed by atoms with Gasteiger partial charge in [0.15, 0.2) is 12.6 Å². The first-order valence-corrected chi connectivity index (χ1v) is 20.3. The number of nitrogens with zero attached hydrogens (tertiary/aromatic N) is 4. The van der Waals surface area contributed by atoms with Gasteiger partial charge in [-0.15, -0.1) is 0 Å². The minimum atomic E-state index is -3.76. The minimum Gasteiger partial charge on any atom is -0.371 e. The Kier molecular flexibility index (Phi) is 9.98. The normalized spacial score (nSPS) is 24.8. The van der Waals surface area contributed by atoms with Gasteiger partial charge in [-0.1, -0.05) is 6.07 Å². The van der Waals surface area contributed by atoms with E-state index in [4.69, 9.17) is 23.9 Å². The zero-order valence-electron chi connectivity index (χ0n) is 30.0. The molecule has 0 bridgehead atoms. The number of fused-ring (bicyclic) bond motifs is 2. The maximum atomic E-state index is 13.9. The van der Waals surface area contributed by atoms with Crippen molar-refractivity contribution in [2.24, 2.45) is 5.92 Å². The molecule has 8 rings (SSSR count). The number of ether oxygens (including phenoxy) is 4. The van der Waals surface area contributed by atoms with Crippen LogP contribution in [0.2, 0.25) is 0 Å². The number of carbonyl (C=O) groups is 1. The molecule has 2 aliphatic carbocycles. The van der Waals surface area contributed by atoms with Gasteiger partial charge in [0.05, 0.1) is 21.3 Å². The van der Waals surface area contributed by atoms with Crippen molar-refractivity contribution in [1.29, 1.82) is 0 Å². The smallest absolute Gasteiger partial charge is 0.239 e. The monoisotopic (exact) mass is 731 g/mol. The molecule has 2 aromatic carbocycles. The van der Waals surface area contributed by atoms with E-state index < -0.39 is 15.3 Å². The van der Waals surface area contributed by atoms with Gasteiger partial charge in [0, 0.05) is 69.0 Å². The second-order valence-electron chi connectivity index (χ2n) is 14.9. The molecule has 0 radical (unpaired) electrons. The van der Waals surface area contributed by atoms with Crippen LogP contribution in [0.5, 0.6) is 0 Å². The molecule has 52 heavy (non-hydrogen) atoms. The highest BCUT2D eigenvalue weighted by Gasteiger charge is 2.61. The summed E-state index contributed by atoms with van der Waals surface area (Å²) >= 11 is 0. The quantitative estimate of drug-likeness (QED) is 0.229. The van der Waals surface area contributed by atoms with E-state index >= 15 is 0 Å². The van der Waals surface area contributed by atoms with Crippen molar-refractivity contribution < 1.29 is 32.2 Å². The van der Waals surface area contributed by atoms with Gasteiger partial charge in [-0.2, -0.15) is 4.98 Å². The highest BCUT2D eigenvalue weighted by atomic mass is 32.2. The molecule has 4 heterocycles. The molecule has 2 saturated heterocycles. The molecule has 1 spiro atoms. The molecule has 1 amide bonds. The Bertz CT molecular complexity index is 1850. The van der Waals surface area contributed by atoms with Crippen LogP contribution in [0.15, 0.2) is 64.5 Å². The Labute approximate surface area is 306 Å². The number of piperidine rings is 1. The molecular weight excluding hydrogens is 683 g/mol. The Balaban J connectivity index is 0.952. The predicted octanol–water partition coefficient (Wildman–Crippen LogP) is 6.12. The van der Waals surface area contributed by atoms with E-state index in [0.29, 0.717) is 23.4 Å². The summed E-state index contributed by atoms with van der Waals surface area (Å²) in [6.45, 7) is 2.33. The lowest BCUT2D eigenvalue weighted by molar-refractivity contribution is -0.193. The average molecular weight is 732 g/mol. The summed E-state index contributed by atoms with van der Waals surface area (Å²) in [6, 6.07) is 13.8. The van der Waals surface area contributed by atoms with Crippen LogP contribution in [0.25, 0.3) is 0 Å². The number of aromatic nitrogens is 2. The molecule has 13 heteroatoms. The number of carbonyl (C=O) groups excluding carboxylic acids is 1. The molecule has 2 saturated carbocycles. The summed E-state index contributed by atoms with van der Waals surface area (Å²) in [5.41, 5.74) is 1.93. The Morgan fingerprint density at radius 1 is 0.942 bits per heavy atom. The van der Waals surface area contributed by atoms with Crippen molar-refractivity contribution >= 4 is 38.9 Å². The van der Waals surface area contributed by atoms with E-state index in [9.17, 15) is 13.2 Å². The second kappa shape index (κ2) is 14.7. The molecule has 1 unspecified atom stereocenters. The Morgan fingerprint density at radius 3 is 2.44 bits per heavy atom. The molecule has 5 aliphatic rings. The fourth-order valence-electron chi connectivity index (χ4n) is 8.60. The summed E-state index contributed by atoms with van der Waals surface area (Å²) in [4.78, 5) is 28.0. The van der Waals surface area contributed by atoms with Gasteiger partial charge >= 0.3 is 0 Å². The number of hydrogen-bond acceptors (Lipinski definition) is 11. The lowest BCUT2D eigenvalue weighted by Crippen LogP contribution is -2.45. The zero-order valence-corrected chi connectivity index (χ0v) is 30.9. The van der Waals surface area contributed by atoms with Crippen LogP contribution in [-0.4, -0.2) is 82.9 Å². The predicted molar refractivity (Wildman–Crippen MR) is 196 cm³/mol. The zero-order chi connectivity index (χ0) is 35.9. The van der Waals surface area contributed by atoms with Gasteiger partial charge in [-0.25, -0.2) is 13.4 Å². The van der Waals surface area contributed by atoms with Gasteiger partial charge < -0.3 is 29.2 Å². The molecule has 3 aliphatic heterocycles. The van der Waals surface area contributed by atoms with Crippen molar-refractivity contribution in [2.45, 2.75) is 111 Å². The van der Waals surface area contributed by atoms with Crippen molar-refractivity contribution in [3.8, 4) is 0 Å². The second-order valence-corrected chi connectivity index (χ2v) is 16.8. The number of nitrogens with one attached hydrogen (secondary N) is 1. The van der Waals surface area contributed by atoms with Gasteiger partial charge in [0.25, 0.3) is 0 Å². The van der Waals surface area contributed by atoms with Crippen LogP contribution in [0, 0.1) is 5.92 Å². The molecule has 12 nitrogen and oxygen atoms in total. The summed E-state index contributed by atoms with van der Waals surface area (Å²) in [6.07, 6.45) is 11.6. The van der Waals surface area contributed by atoms with Gasteiger partial charge in [-0.3, -0.25) is 9.69 Å². The van der Waals surface area contributed by atoms with Gasteiger partial charge in [-0.05, 0) is 113 Å². The van der Waals surface area contributed by atoms with E-state index in [1.54, 1.807) is 62.9 Å². The van der Waals surface area contributed by atoms with Crippen LogP contribution in [0.1, 0.15) is 76.2 Å². The molecule has 278 valence electrons. The maximum absolute atomic E-state index is 13.9. The van der Waals surface area contributed by atoms with Crippen LogP contribution in [0.3, 0.4) is 0 Å². The number of anilines is 4. The van der Waals surface area contributed by atoms with Gasteiger partial charge in [0.2, 0.25) is 21.7 Å². The lowest BCUT2D eigenvalue weighted by Gasteiger charge is -2.37. The van der Waals surface area contributed by atoms with Crippen LogP contribution in [0.4, 0.5) is 23.1 Å². The third kappa shape index (κ3) is 6.82. The van der Waals surface area contributed by atoms with Crippen molar-refractivity contribution in [3.63, 3.8) is 0 Å². The molecular formula is C39H49N5O7S. The molecule has 1 aromatic heterocycles. The van der Waals surface area contributed by atoms with Crippen molar-refractivity contribution in [2.75, 3.05) is 49.0 Å². The average Bonchev–Trinajstić information content (AvgIpc) is 3.95. The van der Waals surface area contributed by atoms with Gasteiger partial charge in [0.1, 0.15) is 5.82 Å². The van der Waals surface area contributed by atoms with Crippen molar-refractivity contribution in [3.05, 3.63) is 60.3 Å². The molecule has 3 atom stereocenters. The first-order chi connectivity index (χ1) is 25.3. The number of amides is 1. The van der Waals surface area contributed by atoms with Crippen LogP contribution < -0.4 is 15.1 Å². The third-order valence-electron chi connectivity index (χ3n) is 11.6. The highest BCUT2D eigenvalue weighted by molar-refractivity contribution is 7.91. The van der Waals surface area contributed by atoms with Crippen molar-refractivity contribution in [1.82, 2.24) is 9.97 Å². The summed E-state index contributed by atoms with van der Waals surface area (Å²) < 4.78 is 50.7. The Hall–Kier alpha value is -3.62. The fourth-order valence-corrected chi connectivity index (χ4v) is 9.90. The first kappa shape index (κ1) is 35.4.